The molecule has 0 bridgehead atoms. The molecule has 26 heavy (non-hydrogen) atoms. The summed E-state index contributed by atoms with van der Waals surface area (Å²) in [5.41, 5.74) is 1.66. The van der Waals surface area contributed by atoms with Gasteiger partial charge in [0.05, 0.1) is 25.6 Å². The first-order chi connectivity index (χ1) is 12.3. The number of ether oxygens (including phenoxy) is 2. The van der Waals surface area contributed by atoms with Crippen LogP contribution in [0.5, 0.6) is 11.5 Å². The molecule has 0 aliphatic carbocycles. The highest BCUT2D eigenvalue weighted by atomic mass is 32.2. The van der Waals surface area contributed by atoms with Gasteiger partial charge in [0.2, 0.25) is 10.0 Å². The maximum Gasteiger partial charge on any atom is 0.263 e. The van der Waals surface area contributed by atoms with E-state index < -0.39 is 22.1 Å². The van der Waals surface area contributed by atoms with Crippen LogP contribution in [0.3, 0.4) is 0 Å². The SMILES string of the molecule is COc1ccc(NC(=O)C2Nc3cc(C)ccc3S(=O)(=O)N2)c(OC)c1. The molecule has 3 N–H and O–H groups in total. The largest absolute Gasteiger partial charge is 0.497 e. The van der Waals surface area contributed by atoms with Crippen molar-refractivity contribution in [3.63, 3.8) is 0 Å². The monoisotopic (exact) mass is 377 g/mol. The zero-order chi connectivity index (χ0) is 18.9. The zero-order valence-corrected chi connectivity index (χ0v) is 15.3. The van der Waals surface area contributed by atoms with E-state index in [9.17, 15) is 13.2 Å². The van der Waals surface area contributed by atoms with Gasteiger partial charge >= 0.3 is 0 Å². The molecule has 0 saturated carbocycles. The Morgan fingerprint density at radius 1 is 1.12 bits per heavy atom. The fourth-order valence-corrected chi connectivity index (χ4v) is 3.88. The van der Waals surface area contributed by atoms with Crippen LogP contribution in [-0.2, 0) is 14.8 Å². The molecule has 0 fully saturated rings. The van der Waals surface area contributed by atoms with Crippen molar-refractivity contribution in [1.29, 1.82) is 0 Å². The third kappa shape index (κ3) is 3.44. The lowest BCUT2D eigenvalue weighted by atomic mass is 10.2. The average Bonchev–Trinajstić information content (AvgIpc) is 2.60. The van der Waals surface area contributed by atoms with E-state index in [1.165, 1.54) is 20.3 Å². The molecule has 1 heterocycles. The number of nitrogens with one attached hydrogen (secondary N) is 3. The second-order valence-electron chi connectivity index (χ2n) is 5.75. The topological polar surface area (TPSA) is 106 Å². The van der Waals surface area contributed by atoms with Gasteiger partial charge in [0, 0.05) is 6.07 Å². The number of aryl methyl sites for hydroxylation is 1. The highest BCUT2D eigenvalue weighted by molar-refractivity contribution is 7.89. The van der Waals surface area contributed by atoms with E-state index in [0.717, 1.165) is 5.56 Å². The van der Waals surface area contributed by atoms with E-state index in [-0.39, 0.29) is 4.90 Å². The molecule has 8 nitrogen and oxygen atoms in total. The second-order valence-corrected chi connectivity index (χ2v) is 7.44. The predicted octanol–water partition coefficient (Wildman–Crippen LogP) is 1.68. The van der Waals surface area contributed by atoms with Crippen molar-refractivity contribution in [2.75, 3.05) is 24.9 Å². The minimum atomic E-state index is -3.80. The standard InChI is InChI=1S/C17H19N3O5S/c1-10-4-7-15-13(8-10)18-16(20-26(15,22)23)17(21)19-12-6-5-11(24-2)9-14(12)25-3/h4-9,16,18,20H,1-3H3,(H,19,21). The van der Waals surface area contributed by atoms with Gasteiger partial charge in [0.25, 0.3) is 5.91 Å². The number of rotatable bonds is 4. The third-order valence-corrected chi connectivity index (χ3v) is 5.41. The van der Waals surface area contributed by atoms with Crippen LogP contribution >= 0.6 is 0 Å². The molecule has 0 radical (unpaired) electrons. The molecule has 1 aliphatic rings. The van der Waals surface area contributed by atoms with Crippen LogP contribution in [-0.4, -0.2) is 34.7 Å². The van der Waals surface area contributed by atoms with Gasteiger partial charge in [-0.15, -0.1) is 0 Å². The second kappa shape index (κ2) is 6.85. The first-order valence-electron chi connectivity index (χ1n) is 7.76. The summed E-state index contributed by atoms with van der Waals surface area (Å²) in [6, 6.07) is 9.78. The maximum atomic E-state index is 12.6. The molecule has 2 aromatic rings. The summed E-state index contributed by atoms with van der Waals surface area (Å²) in [6.45, 7) is 1.84. The van der Waals surface area contributed by atoms with Crippen LogP contribution in [0.25, 0.3) is 0 Å². The molecule has 1 unspecified atom stereocenters. The molecule has 0 saturated heterocycles. The highest BCUT2D eigenvalue weighted by Gasteiger charge is 2.33. The quantitative estimate of drug-likeness (QED) is 0.749. The minimum absolute atomic E-state index is 0.106. The number of carbonyl (C=O) groups excluding carboxylic acids is 1. The molecule has 9 heteroatoms. The van der Waals surface area contributed by atoms with Crippen molar-refractivity contribution in [3.05, 3.63) is 42.0 Å². The van der Waals surface area contributed by atoms with Crippen LogP contribution in [0.1, 0.15) is 5.56 Å². The Labute approximate surface area is 151 Å². The number of hydrogen-bond donors (Lipinski definition) is 3. The van der Waals surface area contributed by atoms with Crippen LogP contribution in [0.4, 0.5) is 11.4 Å². The van der Waals surface area contributed by atoms with Crippen molar-refractivity contribution >= 4 is 27.3 Å². The van der Waals surface area contributed by atoms with Gasteiger partial charge < -0.3 is 20.1 Å². The molecule has 3 rings (SSSR count). The first-order valence-corrected chi connectivity index (χ1v) is 9.25. The van der Waals surface area contributed by atoms with E-state index in [2.05, 4.69) is 15.4 Å². The molecule has 0 aromatic heterocycles. The molecule has 0 spiro atoms. The normalized spacial score (nSPS) is 17.6. The number of hydrogen-bond acceptors (Lipinski definition) is 6. The Bertz CT molecular complexity index is 959. The molecule has 1 aliphatic heterocycles. The van der Waals surface area contributed by atoms with Gasteiger partial charge in [-0.1, -0.05) is 6.07 Å². The number of carbonyl (C=O) groups is 1. The number of benzene rings is 2. The van der Waals surface area contributed by atoms with E-state index >= 15 is 0 Å². The number of anilines is 2. The van der Waals surface area contributed by atoms with Crippen molar-refractivity contribution in [3.8, 4) is 11.5 Å². The predicted molar refractivity (Wildman–Crippen MR) is 97.1 cm³/mol. The summed E-state index contributed by atoms with van der Waals surface area (Å²) in [4.78, 5) is 12.7. The summed E-state index contributed by atoms with van der Waals surface area (Å²) in [5, 5.41) is 5.56. The lowest BCUT2D eigenvalue weighted by molar-refractivity contribution is -0.117. The molecule has 1 amide bonds. The fourth-order valence-electron chi connectivity index (χ4n) is 2.62. The van der Waals surface area contributed by atoms with Gasteiger partial charge in [0.15, 0.2) is 6.17 Å². The molecular weight excluding hydrogens is 358 g/mol. The number of amides is 1. The van der Waals surface area contributed by atoms with Gasteiger partial charge in [-0.2, -0.15) is 4.72 Å². The Hall–Kier alpha value is -2.78. The summed E-state index contributed by atoms with van der Waals surface area (Å²) >= 11 is 0. The molecule has 138 valence electrons. The molecule has 1 atom stereocenters. The van der Waals surface area contributed by atoms with Gasteiger partial charge in [0.1, 0.15) is 16.4 Å². The van der Waals surface area contributed by atoms with Crippen molar-refractivity contribution in [2.45, 2.75) is 18.0 Å². The van der Waals surface area contributed by atoms with Crippen LogP contribution in [0.2, 0.25) is 0 Å². The Kier molecular flexibility index (Phi) is 4.75. The van der Waals surface area contributed by atoms with E-state index in [0.29, 0.717) is 22.9 Å². The number of sulfonamides is 1. The zero-order valence-electron chi connectivity index (χ0n) is 14.5. The number of methoxy groups -OCH3 is 2. The minimum Gasteiger partial charge on any atom is -0.497 e. The lowest BCUT2D eigenvalue weighted by Crippen LogP contribution is -2.51. The highest BCUT2D eigenvalue weighted by Crippen LogP contribution is 2.30. The molecular formula is C17H19N3O5S. The smallest absolute Gasteiger partial charge is 0.263 e. The first kappa shape index (κ1) is 18.0. The lowest BCUT2D eigenvalue weighted by Gasteiger charge is -2.27. The van der Waals surface area contributed by atoms with E-state index in [4.69, 9.17) is 9.47 Å². The average molecular weight is 377 g/mol. The van der Waals surface area contributed by atoms with Gasteiger partial charge in [-0.25, -0.2) is 8.42 Å². The summed E-state index contributed by atoms with van der Waals surface area (Å²) < 4.78 is 37.5. The number of fused-ring (bicyclic) bond motifs is 1. The Morgan fingerprint density at radius 3 is 2.58 bits per heavy atom. The fraction of sp³-hybridized carbons (Fsp3) is 0.235. The third-order valence-electron chi connectivity index (χ3n) is 3.93. The van der Waals surface area contributed by atoms with Crippen molar-refractivity contribution in [2.24, 2.45) is 0 Å². The Morgan fingerprint density at radius 2 is 1.88 bits per heavy atom. The van der Waals surface area contributed by atoms with Crippen molar-refractivity contribution < 1.29 is 22.7 Å². The van der Waals surface area contributed by atoms with Crippen molar-refractivity contribution in [1.82, 2.24) is 4.72 Å². The summed E-state index contributed by atoms with van der Waals surface area (Å²) in [7, 11) is -0.812. The summed E-state index contributed by atoms with van der Waals surface area (Å²) in [6.07, 6.45) is -1.15. The van der Waals surface area contributed by atoms with Crippen LogP contribution in [0.15, 0.2) is 41.3 Å². The van der Waals surface area contributed by atoms with E-state index in [1.807, 2.05) is 6.92 Å². The van der Waals surface area contributed by atoms with Crippen LogP contribution < -0.4 is 24.8 Å². The van der Waals surface area contributed by atoms with E-state index in [1.54, 1.807) is 30.3 Å². The molecule has 2 aromatic carbocycles. The Balaban J connectivity index is 1.86. The summed E-state index contributed by atoms with van der Waals surface area (Å²) in [5.74, 6) is 0.401. The van der Waals surface area contributed by atoms with Gasteiger partial charge in [-0.3, -0.25) is 4.79 Å². The van der Waals surface area contributed by atoms with Crippen LogP contribution in [0, 0.1) is 6.92 Å². The van der Waals surface area contributed by atoms with Gasteiger partial charge in [-0.05, 0) is 36.8 Å². The maximum absolute atomic E-state index is 12.6.